The maximum Gasteiger partial charge on any atom is 0.181 e. The minimum Gasteiger partial charge on any atom is -0.292 e. The van der Waals surface area contributed by atoms with Crippen molar-refractivity contribution in [1.82, 2.24) is 9.97 Å². The van der Waals surface area contributed by atoms with E-state index in [-0.39, 0.29) is 17.5 Å². The van der Waals surface area contributed by atoms with Crippen LogP contribution in [0, 0.1) is 17.2 Å². The topological polar surface area (TPSA) is 83.7 Å². The molecule has 0 saturated carbocycles. The zero-order chi connectivity index (χ0) is 21.5. The number of carbonyl (C=O) groups is 2. The fourth-order valence-corrected chi connectivity index (χ4v) is 3.10. The Hall–Kier alpha value is -3.65. The Morgan fingerprint density at radius 2 is 1.73 bits per heavy atom. The van der Waals surface area contributed by atoms with E-state index < -0.39 is 0 Å². The zero-order valence-electron chi connectivity index (χ0n) is 17.1. The first-order chi connectivity index (χ1) is 14.5. The van der Waals surface area contributed by atoms with Crippen LogP contribution in [0.2, 0.25) is 0 Å². The lowest BCUT2D eigenvalue weighted by Crippen LogP contribution is -2.10. The largest absolute Gasteiger partial charge is 0.292 e. The van der Waals surface area contributed by atoms with Crippen molar-refractivity contribution in [3.63, 3.8) is 0 Å². The molecule has 3 aromatic rings. The molecular formula is C25H23N3O2. The van der Waals surface area contributed by atoms with E-state index in [1.54, 1.807) is 36.5 Å². The lowest BCUT2D eigenvalue weighted by molar-refractivity contribution is 0.0962. The number of carbonyl (C=O) groups excluding carboxylic acids is 2. The summed E-state index contributed by atoms with van der Waals surface area (Å²) >= 11 is 0. The van der Waals surface area contributed by atoms with Crippen LogP contribution >= 0.6 is 0 Å². The van der Waals surface area contributed by atoms with E-state index in [1.807, 2.05) is 38.1 Å². The number of benzene rings is 1. The third-order valence-corrected chi connectivity index (χ3v) is 4.67. The molecule has 5 nitrogen and oxygen atoms in total. The Morgan fingerprint density at radius 3 is 2.40 bits per heavy atom. The number of nitriles is 1. The summed E-state index contributed by atoms with van der Waals surface area (Å²) in [6.45, 7) is 3.96. The molecule has 0 N–H and O–H groups in total. The smallest absolute Gasteiger partial charge is 0.181 e. The first-order valence-electron chi connectivity index (χ1n) is 9.95. The van der Waals surface area contributed by atoms with Gasteiger partial charge in [0.05, 0.1) is 17.3 Å². The maximum absolute atomic E-state index is 12.5. The molecule has 0 fully saturated rings. The van der Waals surface area contributed by atoms with Crippen molar-refractivity contribution < 1.29 is 9.59 Å². The predicted molar refractivity (Wildman–Crippen MR) is 115 cm³/mol. The molecule has 2 heterocycles. The second-order valence-corrected chi connectivity index (χ2v) is 7.60. The number of pyridine rings is 2. The van der Waals surface area contributed by atoms with Crippen LogP contribution in [0.5, 0.6) is 0 Å². The number of rotatable bonds is 8. The number of aromatic nitrogens is 2. The van der Waals surface area contributed by atoms with Gasteiger partial charge in [-0.05, 0) is 48.2 Å². The van der Waals surface area contributed by atoms with Crippen molar-refractivity contribution in [2.24, 2.45) is 5.92 Å². The normalized spacial score (nSPS) is 10.6. The van der Waals surface area contributed by atoms with Gasteiger partial charge in [0.2, 0.25) is 0 Å². The molecule has 0 saturated heterocycles. The van der Waals surface area contributed by atoms with Gasteiger partial charge in [-0.1, -0.05) is 38.1 Å². The van der Waals surface area contributed by atoms with E-state index in [9.17, 15) is 9.59 Å². The number of hydrogen-bond acceptors (Lipinski definition) is 5. The third-order valence-electron chi connectivity index (χ3n) is 4.67. The molecule has 30 heavy (non-hydrogen) atoms. The minimum atomic E-state index is -0.0972. The number of Topliss-reactive ketones (excluding diaryl/α,β-unsaturated/α-hetero) is 2. The van der Waals surface area contributed by atoms with E-state index in [1.165, 1.54) is 0 Å². The quantitative estimate of drug-likeness (QED) is 0.496. The van der Waals surface area contributed by atoms with Gasteiger partial charge < -0.3 is 0 Å². The van der Waals surface area contributed by atoms with E-state index >= 15 is 0 Å². The van der Waals surface area contributed by atoms with E-state index in [0.717, 1.165) is 16.8 Å². The molecular weight excluding hydrogens is 374 g/mol. The molecule has 2 aromatic heterocycles. The minimum absolute atomic E-state index is 0.0418. The van der Waals surface area contributed by atoms with Crippen molar-refractivity contribution in [3.05, 3.63) is 83.3 Å². The monoisotopic (exact) mass is 397 g/mol. The summed E-state index contributed by atoms with van der Waals surface area (Å²) in [6.07, 6.45) is 2.99. The molecule has 0 aliphatic rings. The predicted octanol–water partition coefficient (Wildman–Crippen LogP) is 5.06. The van der Waals surface area contributed by atoms with Crippen LogP contribution in [0.25, 0.3) is 11.3 Å². The standard InChI is InChI=1S/C25H23N3O2/c1-17(2)13-25(30)23-8-4-7-22(28-23)24(29)12-10-18-9-11-21(27-16-18)20-6-3-5-19(14-20)15-26/h3-9,11,14,16-17H,10,12-13H2,1-2H3. The lowest BCUT2D eigenvalue weighted by Gasteiger charge is -2.06. The molecule has 0 radical (unpaired) electrons. The van der Waals surface area contributed by atoms with Crippen LogP contribution < -0.4 is 0 Å². The first-order valence-corrected chi connectivity index (χ1v) is 9.95. The van der Waals surface area contributed by atoms with Crippen LogP contribution in [0.15, 0.2) is 60.8 Å². The molecule has 3 rings (SSSR count). The highest BCUT2D eigenvalue weighted by Gasteiger charge is 2.14. The molecule has 5 heteroatoms. The fraction of sp³-hybridized carbons (Fsp3) is 0.240. The molecule has 0 bridgehead atoms. The molecule has 150 valence electrons. The summed E-state index contributed by atoms with van der Waals surface area (Å²) in [5.74, 6) is 0.108. The number of nitrogens with zero attached hydrogens (tertiary/aromatic N) is 3. The van der Waals surface area contributed by atoms with Crippen LogP contribution in [0.1, 0.15) is 58.8 Å². The number of aryl methyl sites for hydroxylation is 1. The lowest BCUT2D eigenvalue weighted by atomic mass is 10.0. The Morgan fingerprint density at radius 1 is 1.00 bits per heavy atom. The number of ketones is 2. The van der Waals surface area contributed by atoms with Crippen molar-refractivity contribution >= 4 is 11.6 Å². The maximum atomic E-state index is 12.5. The van der Waals surface area contributed by atoms with Gasteiger partial charge in [0.15, 0.2) is 11.6 Å². The zero-order valence-corrected chi connectivity index (χ0v) is 17.1. The van der Waals surface area contributed by atoms with Crippen LogP contribution in [0.3, 0.4) is 0 Å². The molecule has 0 unspecified atom stereocenters. The highest BCUT2D eigenvalue weighted by molar-refractivity contribution is 5.98. The van der Waals surface area contributed by atoms with Crippen molar-refractivity contribution in [3.8, 4) is 17.3 Å². The van der Waals surface area contributed by atoms with Gasteiger partial charge in [-0.2, -0.15) is 5.26 Å². The highest BCUT2D eigenvalue weighted by Crippen LogP contribution is 2.19. The molecule has 1 aromatic carbocycles. The van der Waals surface area contributed by atoms with Gasteiger partial charge in [0, 0.05) is 24.6 Å². The second-order valence-electron chi connectivity index (χ2n) is 7.60. The Kier molecular flexibility index (Phi) is 6.82. The summed E-state index contributed by atoms with van der Waals surface area (Å²) in [4.78, 5) is 33.5. The average Bonchev–Trinajstić information content (AvgIpc) is 2.77. The Labute approximate surface area is 176 Å². The summed E-state index contributed by atoms with van der Waals surface area (Å²) in [7, 11) is 0. The summed E-state index contributed by atoms with van der Waals surface area (Å²) in [5, 5.41) is 9.03. The summed E-state index contributed by atoms with van der Waals surface area (Å²) < 4.78 is 0. The van der Waals surface area contributed by atoms with Crippen LogP contribution in [-0.2, 0) is 6.42 Å². The van der Waals surface area contributed by atoms with Gasteiger partial charge in [0.1, 0.15) is 11.4 Å². The van der Waals surface area contributed by atoms with Crippen LogP contribution in [0.4, 0.5) is 0 Å². The van der Waals surface area contributed by atoms with E-state index in [2.05, 4.69) is 16.0 Å². The molecule has 0 atom stereocenters. The molecule has 0 aliphatic heterocycles. The van der Waals surface area contributed by atoms with Crippen LogP contribution in [-0.4, -0.2) is 21.5 Å². The van der Waals surface area contributed by atoms with Gasteiger partial charge in [-0.15, -0.1) is 0 Å². The SMILES string of the molecule is CC(C)CC(=O)c1cccc(C(=O)CCc2ccc(-c3cccc(C#N)c3)nc2)n1. The molecule has 0 spiro atoms. The highest BCUT2D eigenvalue weighted by atomic mass is 16.1. The summed E-state index contributed by atoms with van der Waals surface area (Å²) in [6, 6.07) is 18.3. The first kappa shape index (κ1) is 21.1. The van der Waals surface area contributed by atoms with Gasteiger partial charge in [0.25, 0.3) is 0 Å². The average molecular weight is 397 g/mol. The fourth-order valence-electron chi connectivity index (χ4n) is 3.10. The van der Waals surface area contributed by atoms with Gasteiger partial charge in [-0.3, -0.25) is 14.6 Å². The van der Waals surface area contributed by atoms with E-state index in [4.69, 9.17) is 5.26 Å². The van der Waals surface area contributed by atoms with Gasteiger partial charge in [-0.25, -0.2) is 4.98 Å². The van der Waals surface area contributed by atoms with Gasteiger partial charge >= 0.3 is 0 Å². The van der Waals surface area contributed by atoms with Crippen molar-refractivity contribution in [2.75, 3.05) is 0 Å². The molecule has 0 aliphatic carbocycles. The van der Waals surface area contributed by atoms with Crippen molar-refractivity contribution in [1.29, 1.82) is 5.26 Å². The summed E-state index contributed by atoms with van der Waals surface area (Å²) in [5.41, 5.74) is 3.85. The van der Waals surface area contributed by atoms with E-state index in [0.29, 0.717) is 36.2 Å². The number of hydrogen-bond donors (Lipinski definition) is 0. The van der Waals surface area contributed by atoms with Crippen molar-refractivity contribution in [2.45, 2.75) is 33.1 Å². The Balaban J connectivity index is 1.64. The molecule has 0 amide bonds. The third kappa shape index (κ3) is 5.45. The second kappa shape index (κ2) is 9.71. The Bertz CT molecular complexity index is 1100.